The van der Waals surface area contributed by atoms with Crippen molar-refractivity contribution in [2.24, 2.45) is 5.92 Å². The summed E-state index contributed by atoms with van der Waals surface area (Å²) in [6.45, 7) is 2.32. The lowest BCUT2D eigenvalue weighted by atomic mass is 9.88. The summed E-state index contributed by atoms with van der Waals surface area (Å²) in [7, 11) is 2.02. The van der Waals surface area contributed by atoms with Crippen LogP contribution in [0.2, 0.25) is 0 Å². The van der Waals surface area contributed by atoms with Crippen LogP contribution in [-0.4, -0.2) is 36.0 Å². The number of thiophene rings is 1. The quantitative estimate of drug-likeness (QED) is 0.879. The molecule has 1 N–H and O–H groups in total. The lowest BCUT2D eigenvalue weighted by Gasteiger charge is -2.35. The third-order valence-corrected chi connectivity index (χ3v) is 7.00. The molecule has 2 fully saturated rings. The lowest BCUT2D eigenvalue weighted by Crippen LogP contribution is -2.48. The number of rotatable bonds is 2. The highest BCUT2D eigenvalue weighted by atomic mass is 35.5. The van der Waals surface area contributed by atoms with Crippen LogP contribution in [0.4, 0.5) is 0 Å². The summed E-state index contributed by atoms with van der Waals surface area (Å²) in [6.07, 6.45) is 8.31. The molecule has 1 aliphatic carbocycles. The van der Waals surface area contributed by atoms with Gasteiger partial charge in [-0.05, 0) is 56.4 Å². The average molecular weight is 355 g/mol. The van der Waals surface area contributed by atoms with E-state index in [0.29, 0.717) is 18.1 Å². The van der Waals surface area contributed by atoms with E-state index < -0.39 is 0 Å². The van der Waals surface area contributed by atoms with Crippen molar-refractivity contribution in [3.05, 3.63) is 21.4 Å². The minimum absolute atomic E-state index is 0. The fraction of sp³-hybridized carbons (Fsp3) is 0.722. The van der Waals surface area contributed by atoms with Crippen LogP contribution in [0.1, 0.15) is 59.8 Å². The zero-order chi connectivity index (χ0) is 15.3. The van der Waals surface area contributed by atoms with E-state index in [1.165, 1.54) is 29.7 Å². The smallest absolute Gasteiger partial charge is 0.254 e. The van der Waals surface area contributed by atoms with Crippen molar-refractivity contribution in [2.75, 3.05) is 7.05 Å². The van der Waals surface area contributed by atoms with Crippen LogP contribution in [0.15, 0.2) is 5.38 Å². The molecule has 2 bridgehead atoms. The molecule has 128 valence electrons. The summed E-state index contributed by atoms with van der Waals surface area (Å²) in [5.74, 6) is 1.03. The van der Waals surface area contributed by atoms with Crippen molar-refractivity contribution in [3.8, 4) is 0 Å². The average Bonchev–Trinajstić information content (AvgIpc) is 3.08. The summed E-state index contributed by atoms with van der Waals surface area (Å²) >= 11 is 1.80. The van der Waals surface area contributed by atoms with Gasteiger partial charge in [0.2, 0.25) is 0 Å². The molecule has 3 heterocycles. The van der Waals surface area contributed by atoms with Gasteiger partial charge in [0.1, 0.15) is 0 Å². The van der Waals surface area contributed by atoms with Crippen LogP contribution in [0.3, 0.4) is 0 Å². The van der Waals surface area contributed by atoms with E-state index in [-0.39, 0.29) is 18.3 Å². The van der Waals surface area contributed by atoms with Gasteiger partial charge >= 0.3 is 0 Å². The number of amides is 1. The van der Waals surface area contributed by atoms with Crippen molar-refractivity contribution in [2.45, 2.75) is 70.0 Å². The van der Waals surface area contributed by atoms with Crippen LogP contribution in [-0.2, 0) is 12.8 Å². The van der Waals surface area contributed by atoms with Gasteiger partial charge in [-0.2, -0.15) is 0 Å². The monoisotopic (exact) mass is 354 g/mol. The van der Waals surface area contributed by atoms with Crippen LogP contribution in [0, 0.1) is 5.92 Å². The Morgan fingerprint density at radius 2 is 1.96 bits per heavy atom. The molecule has 3 aliphatic rings. The second-order valence-electron chi connectivity index (χ2n) is 7.58. The first-order chi connectivity index (χ1) is 10.6. The van der Waals surface area contributed by atoms with Gasteiger partial charge in [-0.25, -0.2) is 0 Å². The van der Waals surface area contributed by atoms with Crippen LogP contribution < -0.4 is 5.32 Å². The van der Waals surface area contributed by atoms with Crippen LogP contribution in [0.25, 0.3) is 0 Å². The summed E-state index contributed by atoms with van der Waals surface area (Å²) in [4.78, 5) is 16.5. The number of piperidine rings is 1. The number of fused-ring (bicyclic) bond motifs is 3. The molecule has 3 nitrogen and oxygen atoms in total. The fourth-order valence-corrected chi connectivity index (χ4v) is 5.79. The van der Waals surface area contributed by atoms with Crippen LogP contribution >= 0.6 is 23.7 Å². The van der Waals surface area contributed by atoms with Crippen molar-refractivity contribution in [1.82, 2.24) is 10.2 Å². The molecule has 2 saturated heterocycles. The molecule has 5 heteroatoms. The van der Waals surface area contributed by atoms with Gasteiger partial charge in [-0.3, -0.25) is 4.79 Å². The van der Waals surface area contributed by atoms with Gasteiger partial charge in [-0.1, -0.05) is 6.92 Å². The highest BCUT2D eigenvalue weighted by Crippen LogP contribution is 2.35. The fourth-order valence-electron chi connectivity index (χ4n) is 4.56. The van der Waals surface area contributed by atoms with E-state index in [2.05, 4.69) is 17.6 Å². The lowest BCUT2D eigenvalue weighted by molar-refractivity contribution is 0.0681. The Kier molecular flexibility index (Phi) is 5.05. The summed E-state index contributed by atoms with van der Waals surface area (Å²) < 4.78 is 0. The number of halogens is 1. The number of nitrogens with zero attached hydrogens (tertiary/aromatic N) is 1. The summed E-state index contributed by atoms with van der Waals surface area (Å²) in [6, 6.07) is 1.69. The maximum atomic E-state index is 13.0. The second-order valence-corrected chi connectivity index (χ2v) is 8.54. The van der Waals surface area contributed by atoms with Gasteiger partial charge in [0.05, 0.1) is 5.56 Å². The third kappa shape index (κ3) is 3.18. The van der Waals surface area contributed by atoms with E-state index >= 15 is 0 Å². The molecular formula is C18H27ClN2OS. The SMILES string of the molecule is CC1CCc2c(C(=O)N(C)C3CC4CCC(C3)N4)csc2C1.Cl. The van der Waals surface area contributed by atoms with E-state index in [1.54, 1.807) is 11.3 Å². The first kappa shape index (κ1) is 17.2. The van der Waals surface area contributed by atoms with Crippen molar-refractivity contribution < 1.29 is 4.79 Å². The minimum Gasteiger partial charge on any atom is -0.339 e. The Hall–Kier alpha value is -0.580. The Bertz CT molecular complexity index is 576. The Morgan fingerprint density at radius 3 is 2.65 bits per heavy atom. The first-order valence-electron chi connectivity index (χ1n) is 8.74. The maximum absolute atomic E-state index is 13.0. The molecule has 0 aromatic carbocycles. The highest BCUT2D eigenvalue weighted by molar-refractivity contribution is 7.10. The zero-order valence-corrected chi connectivity index (χ0v) is 15.6. The van der Waals surface area contributed by atoms with Gasteiger partial charge < -0.3 is 10.2 Å². The predicted octanol–water partition coefficient (Wildman–Crippen LogP) is 3.65. The van der Waals surface area contributed by atoms with Crippen molar-refractivity contribution in [3.63, 3.8) is 0 Å². The van der Waals surface area contributed by atoms with E-state index in [4.69, 9.17) is 0 Å². The van der Waals surface area contributed by atoms with Gasteiger partial charge in [-0.15, -0.1) is 23.7 Å². The molecule has 0 saturated carbocycles. The molecule has 4 rings (SSSR count). The molecule has 1 aromatic rings. The zero-order valence-electron chi connectivity index (χ0n) is 14.0. The topological polar surface area (TPSA) is 32.3 Å². The molecule has 0 radical (unpaired) electrons. The number of hydrogen-bond acceptors (Lipinski definition) is 3. The Balaban J connectivity index is 0.00000156. The minimum atomic E-state index is 0. The van der Waals surface area contributed by atoms with Crippen LogP contribution in [0.5, 0.6) is 0 Å². The molecular weight excluding hydrogens is 328 g/mol. The van der Waals surface area contributed by atoms with Gasteiger partial charge in [0.25, 0.3) is 5.91 Å². The number of nitrogens with one attached hydrogen (secondary N) is 1. The first-order valence-corrected chi connectivity index (χ1v) is 9.62. The summed E-state index contributed by atoms with van der Waals surface area (Å²) in [5.41, 5.74) is 2.36. The van der Waals surface area contributed by atoms with Crippen molar-refractivity contribution >= 4 is 29.7 Å². The van der Waals surface area contributed by atoms with Gasteiger partial charge in [0.15, 0.2) is 0 Å². The van der Waals surface area contributed by atoms with E-state index in [9.17, 15) is 4.79 Å². The predicted molar refractivity (Wildman–Crippen MR) is 97.8 cm³/mol. The maximum Gasteiger partial charge on any atom is 0.254 e. The molecule has 0 spiro atoms. The largest absolute Gasteiger partial charge is 0.339 e. The molecule has 3 atom stereocenters. The molecule has 23 heavy (non-hydrogen) atoms. The highest BCUT2D eigenvalue weighted by Gasteiger charge is 2.37. The van der Waals surface area contributed by atoms with Gasteiger partial charge in [0, 0.05) is 35.4 Å². The van der Waals surface area contributed by atoms with E-state index in [1.807, 2.05) is 11.9 Å². The Morgan fingerprint density at radius 1 is 1.26 bits per heavy atom. The number of carbonyl (C=O) groups excluding carboxylic acids is 1. The standard InChI is InChI=1S/C18H26N2OS.ClH/c1-11-3-6-15-16(10-22-17(15)7-11)18(21)20(2)14-8-12-4-5-13(9-14)19-12;/h10-14,19H,3-9H2,1-2H3;1H. The van der Waals surface area contributed by atoms with Crippen molar-refractivity contribution in [1.29, 1.82) is 0 Å². The second kappa shape index (κ2) is 6.73. The summed E-state index contributed by atoms with van der Waals surface area (Å²) in [5, 5.41) is 5.79. The van der Waals surface area contributed by atoms with E-state index in [0.717, 1.165) is 37.2 Å². The Labute approximate surface area is 149 Å². The molecule has 1 aromatic heterocycles. The third-order valence-electron chi connectivity index (χ3n) is 5.95. The molecule has 1 amide bonds. The number of carbonyl (C=O) groups is 1. The molecule has 2 aliphatic heterocycles. The molecule has 3 unspecified atom stereocenters. The number of hydrogen-bond donors (Lipinski definition) is 1. The normalized spacial score (nSPS) is 32.1.